The summed E-state index contributed by atoms with van der Waals surface area (Å²) in [5, 5.41) is 7.45. The SMILES string of the molecule is CCOCCn1nc(C)cc1C(=O)NC(CC)c1cn2cccnc2n1. The lowest BCUT2D eigenvalue weighted by molar-refractivity contribution is 0.0917. The summed E-state index contributed by atoms with van der Waals surface area (Å²) in [6.07, 6.45) is 6.21. The average Bonchev–Trinajstić information content (AvgIpc) is 3.23. The number of ether oxygens (including phenoxy) is 1. The van der Waals surface area contributed by atoms with E-state index < -0.39 is 0 Å². The Kier molecular flexibility index (Phi) is 5.62. The third-order valence-electron chi connectivity index (χ3n) is 4.11. The molecule has 1 amide bonds. The smallest absolute Gasteiger partial charge is 0.270 e. The Hall–Kier alpha value is -2.74. The highest BCUT2D eigenvalue weighted by Crippen LogP contribution is 2.17. The lowest BCUT2D eigenvalue weighted by atomic mass is 10.1. The largest absolute Gasteiger partial charge is 0.380 e. The van der Waals surface area contributed by atoms with Crippen LogP contribution in [0, 0.1) is 6.92 Å². The molecule has 1 N–H and O–H groups in total. The number of aryl methyl sites for hydroxylation is 1. The van der Waals surface area contributed by atoms with Gasteiger partial charge >= 0.3 is 0 Å². The van der Waals surface area contributed by atoms with E-state index >= 15 is 0 Å². The summed E-state index contributed by atoms with van der Waals surface area (Å²) in [6.45, 7) is 7.53. The lowest BCUT2D eigenvalue weighted by Gasteiger charge is -2.15. The number of carbonyl (C=O) groups excluding carboxylic acids is 1. The van der Waals surface area contributed by atoms with Crippen molar-refractivity contribution in [3.05, 3.63) is 47.8 Å². The first-order chi connectivity index (χ1) is 12.6. The zero-order valence-corrected chi connectivity index (χ0v) is 15.3. The molecule has 3 aromatic heterocycles. The van der Waals surface area contributed by atoms with Crippen molar-refractivity contribution in [2.45, 2.75) is 39.8 Å². The molecular weight excluding hydrogens is 332 g/mol. The van der Waals surface area contributed by atoms with E-state index in [0.717, 1.165) is 17.8 Å². The third-order valence-corrected chi connectivity index (χ3v) is 4.11. The van der Waals surface area contributed by atoms with Gasteiger partial charge in [-0.25, -0.2) is 9.97 Å². The molecule has 0 bridgehead atoms. The zero-order valence-electron chi connectivity index (χ0n) is 15.3. The Bertz CT molecular complexity index is 852. The van der Waals surface area contributed by atoms with Crippen LogP contribution in [0.5, 0.6) is 0 Å². The Labute approximate surface area is 152 Å². The Balaban J connectivity index is 1.77. The van der Waals surface area contributed by atoms with Gasteiger partial charge in [0.25, 0.3) is 5.91 Å². The summed E-state index contributed by atoms with van der Waals surface area (Å²) in [6, 6.07) is 3.44. The molecule has 0 aromatic carbocycles. The number of hydrogen-bond acceptors (Lipinski definition) is 5. The van der Waals surface area contributed by atoms with Crippen molar-refractivity contribution in [3.63, 3.8) is 0 Å². The summed E-state index contributed by atoms with van der Waals surface area (Å²) in [5.74, 6) is 0.451. The molecule has 1 unspecified atom stereocenters. The number of fused-ring (bicyclic) bond motifs is 1. The summed E-state index contributed by atoms with van der Waals surface area (Å²) in [4.78, 5) is 21.5. The van der Waals surface area contributed by atoms with Crippen LogP contribution < -0.4 is 5.32 Å². The van der Waals surface area contributed by atoms with Crippen LogP contribution in [0.15, 0.2) is 30.7 Å². The van der Waals surface area contributed by atoms with Crippen molar-refractivity contribution in [1.29, 1.82) is 0 Å². The van der Waals surface area contributed by atoms with E-state index in [1.54, 1.807) is 16.9 Å². The maximum atomic E-state index is 12.8. The summed E-state index contributed by atoms with van der Waals surface area (Å²) in [5.41, 5.74) is 2.12. The first-order valence-electron chi connectivity index (χ1n) is 8.85. The second kappa shape index (κ2) is 8.09. The quantitative estimate of drug-likeness (QED) is 0.625. The van der Waals surface area contributed by atoms with Gasteiger partial charge in [0, 0.05) is 25.2 Å². The van der Waals surface area contributed by atoms with Crippen LogP contribution in [0.25, 0.3) is 5.78 Å². The summed E-state index contributed by atoms with van der Waals surface area (Å²) >= 11 is 0. The molecule has 8 nitrogen and oxygen atoms in total. The predicted octanol–water partition coefficient (Wildman–Crippen LogP) is 2.15. The fraction of sp³-hybridized carbons (Fsp3) is 0.444. The predicted molar refractivity (Wildman–Crippen MR) is 96.9 cm³/mol. The lowest BCUT2D eigenvalue weighted by Crippen LogP contribution is -2.30. The molecule has 138 valence electrons. The van der Waals surface area contributed by atoms with Gasteiger partial charge in [-0.15, -0.1) is 0 Å². The van der Waals surface area contributed by atoms with Gasteiger partial charge in [0.15, 0.2) is 0 Å². The number of aromatic nitrogens is 5. The number of nitrogens with zero attached hydrogens (tertiary/aromatic N) is 5. The van der Waals surface area contributed by atoms with Crippen molar-refractivity contribution < 1.29 is 9.53 Å². The van der Waals surface area contributed by atoms with Crippen LogP contribution in [0.4, 0.5) is 0 Å². The van der Waals surface area contributed by atoms with Gasteiger partial charge in [0.2, 0.25) is 5.78 Å². The highest BCUT2D eigenvalue weighted by molar-refractivity contribution is 5.93. The van der Waals surface area contributed by atoms with Crippen LogP contribution in [-0.2, 0) is 11.3 Å². The zero-order chi connectivity index (χ0) is 18.5. The van der Waals surface area contributed by atoms with E-state index in [4.69, 9.17) is 4.74 Å². The van der Waals surface area contributed by atoms with Gasteiger partial charge in [-0.2, -0.15) is 5.10 Å². The fourth-order valence-corrected chi connectivity index (χ4v) is 2.83. The molecule has 1 atom stereocenters. The first-order valence-corrected chi connectivity index (χ1v) is 8.85. The normalized spacial score (nSPS) is 12.4. The summed E-state index contributed by atoms with van der Waals surface area (Å²) < 4.78 is 8.92. The minimum atomic E-state index is -0.195. The molecular formula is C18H24N6O2. The fourth-order valence-electron chi connectivity index (χ4n) is 2.83. The molecule has 3 aromatic rings. The van der Waals surface area contributed by atoms with Crippen LogP contribution in [0.3, 0.4) is 0 Å². The molecule has 0 radical (unpaired) electrons. The minimum absolute atomic E-state index is 0.168. The van der Waals surface area contributed by atoms with E-state index in [1.807, 2.05) is 43.6 Å². The molecule has 0 aliphatic carbocycles. The van der Waals surface area contributed by atoms with Crippen LogP contribution in [-0.4, -0.2) is 43.3 Å². The molecule has 3 heterocycles. The van der Waals surface area contributed by atoms with Crippen molar-refractivity contribution in [1.82, 2.24) is 29.5 Å². The number of nitrogens with one attached hydrogen (secondary N) is 1. The number of carbonyl (C=O) groups is 1. The summed E-state index contributed by atoms with van der Waals surface area (Å²) in [7, 11) is 0. The van der Waals surface area contributed by atoms with E-state index in [-0.39, 0.29) is 11.9 Å². The minimum Gasteiger partial charge on any atom is -0.380 e. The van der Waals surface area contributed by atoms with Gasteiger partial charge in [-0.05, 0) is 32.4 Å². The molecule has 0 saturated heterocycles. The van der Waals surface area contributed by atoms with Crippen molar-refractivity contribution in [2.24, 2.45) is 0 Å². The molecule has 0 fully saturated rings. The van der Waals surface area contributed by atoms with Gasteiger partial charge in [-0.3, -0.25) is 13.9 Å². The van der Waals surface area contributed by atoms with E-state index in [1.165, 1.54) is 0 Å². The second-order valence-electron chi connectivity index (χ2n) is 6.02. The maximum absolute atomic E-state index is 12.8. The van der Waals surface area contributed by atoms with Gasteiger partial charge in [-0.1, -0.05) is 6.92 Å². The number of amides is 1. The molecule has 0 spiro atoms. The average molecular weight is 356 g/mol. The molecule has 0 aliphatic rings. The van der Waals surface area contributed by atoms with Crippen molar-refractivity contribution in [2.75, 3.05) is 13.2 Å². The van der Waals surface area contributed by atoms with E-state index in [0.29, 0.717) is 31.2 Å². The maximum Gasteiger partial charge on any atom is 0.270 e. The highest BCUT2D eigenvalue weighted by atomic mass is 16.5. The number of hydrogen-bond donors (Lipinski definition) is 1. The highest BCUT2D eigenvalue weighted by Gasteiger charge is 2.20. The van der Waals surface area contributed by atoms with E-state index in [2.05, 4.69) is 20.4 Å². The second-order valence-corrected chi connectivity index (χ2v) is 6.02. The Morgan fingerprint density at radius 2 is 2.23 bits per heavy atom. The van der Waals surface area contributed by atoms with Gasteiger partial charge < -0.3 is 10.1 Å². The standard InChI is InChI=1S/C18H24N6O2/c1-4-14(15-12-23-8-6-7-19-18(23)21-15)20-17(25)16-11-13(3)22-24(16)9-10-26-5-2/h6-8,11-12,14H,4-5,9-10H2,1-3H3,(H,20,25). The van der Waals surface area contributed by atoms with Gasteiger partial charge in [0.1, 0.15) is 5.69 Å². The van der Waals surface area contributed by atoms with Crippen molar-refractivity contribution >= 4 is 11.7 Å². The van der Waals surface area contributed by atoms with Crippen molar-refractivity contribution in [3.8, 4) is 0 Å². The Morgan fingerprint density at radius 1 is 1.38 bits per heavy atom. The van der Waals surface area contributed by atoms with Crippen LogP contribution in [0.2, 0.25) is 0 Å². The molecule has 0 saturated carbocycles. The molecule has 0 aliphatic heterocycles. The molecule has 8 heteroatoms. The first kappa shape index (κ1) is 18.1. The van der Waals surface area contributed by atoms with Crippen LogP contribution >= 0.6 is 0 Å². The van der Waals surface area contributed by atoms with Crippen LogP contribution in [0.1, 0.15) is 48.2 Å². The number of rotatable bonds is 8. The van der Waals surface area contributed by atoms with Gasteiger partial charge in [0.05, 0.1) is 30.6 Å². The topological polar surface area (TPSA) is 86.3 Å². The molecule has 26 heavy (non-hydrogen) atoms. The number of imidazole rings is 1. The molecule has 3 rings (SSSR count). The van der Waals surface area contributed by atoms with E-state index in [9.17, 15) is 4.79 Å². The Morgan fingerprint density at radius 3 is 2.96 bits per heavy atom. The monoisotopic (exact) mass is 356 g/mol. The third kappa shape index (κ3) is 3.91.